The van der Waals surface area contributed by atoms with Crippen LogP contribution in [-0.4, -0.2) is 0 Å². The molecule has 3 atom stereocenters. The van der Waals surface area contributed by atoms with Crippen LogP contribution in [0.3, 0.4) is 0 Å². The average Bonchev–Trinajstić information content (AvgIpc) is 2.46. The van der Waals surface area contributed by atoms with Crippen LogP contribution in [0.2, 0.25) is 0 Å². The van der Waals surface area contributed by atoms with Crippen molar-refractivity contribution in [2.45, 2.75) is 64.8 Å². The highest BCUT2D eigenvalue weighted by Gasteiger charge is 2.29. The minimum atomic E-state index is 0.228. The molecule has 0 aromatic heterocycles. The topological polar surface area (TPSA) is 26.0 Å². The second-order valence-corrected chi connectivity index (χ2v) is 6.46. The maximum atomic E-state index is 6.56. The molecule has 1 aromatic carbocycles. The molecule has 0 amide bonds. The van der Waals surface area contributed by atoms with E-state index in [2.05, 4.69) is 45.0 Å². The minimum Gasteiger partial charge on any atom is -0.324 e. The fraction of sp³-hybridized carbons (Fsp3) is 0.667. The van der Waals surface area contributed by atoms with Gasteiger partial charge in [0.2, 0.25) is 0 Å². The molecule has 1 aromatic rings. The van der Waals surface area contributed by atoms with Crippen LogP contribution >= 0.6 is 0 Å². The first-order valence-corrected chi connectivity index (χ1v) is 7.99. The van der Waals surface area contributed by atoms with Crippen molar-refractivity contribution < 1.29 is 0 Å². The molecular weight excluding hydrogens is 230 g/mol. The third kappa shape index (κ3) is 3.39. The highest BCUT2D eigenvalue weighted by Crippen LogP contribution is 2.39. The summed E-state index contributed by atoms with van der Waals surface area (Å²) in [6.07, 6.45) is 6.72. The first kappa shape index (κ1) is 14.6. The molecule has 2 rings (SSSR count). The Morgan fingerprint density at radius 1 is 1.05 bits per heavy atom. The molecule has 1 nitrogen and oxygen atoms in total. The summed E-state index contributed by atoms with van der Waals surface area (Å²) in [5, 5.41) is 0. The molecule has 0 radical (unpaired) electrons. The third-order valence-electron chi connectivity index (χ3n) is 4.94. The van der Waals surface area contributed by atoms with Gasteiger partial charge in [-0.15, -0.1) is 0 Å². The Morgan fingerprint density at radius 3 is 2.21 bits per heavy atom. The Hall–Kier alpha value is -0.820. The number of nitrogens with two attached hydrogens (primary N) is 1. The van der Waals surface area contributed by atoms with Crippen LogP contribution in [0.25, 0.3) is 0 Å². The summed E-state index contributed by atoms with van der Waals surface area (Å²) >= 11 is 0. The molecule has 1 aliphatic rings. The Labute approximate surface area is 118 Å². The van der Waals surface area contributed by atoms with Crippen LogP contribution in [0.1, 0.15) is 76.0 Å². The van der Waals surface area contributed by atoms with Crippen molar-refractivity contribution in [3.05, 3.63) is 35.4 Å². The molecule has 1 saturated carbocycles. The number of hydrogen-bond acceptors (Lipinski definition) is 1. The quantitative estimate of drug-likeness (QED) is 0.806. The van der Waals surface area contributed by atoms with Gasteiger partial charge in [-0.2, -0.15) is 0 Å². The van der Waals surface area contributed by atoms with E-state index in [0.29, 0.717) is 11.8 Å². The van der Waals surface area contributed by atoms with Crippen LogP contribution in [0.15, 0.2) is 24.3 Å². The third-order valence-corrected chi connectivity index (χ3v) is 4.94. The molecular formula is C18H29N. The Kier molecular flexibility index (Phi) is 5.04. The maximum absolute atomic E-state index is 6.56. The van der Waals surface area contributed by atoms with E-state index in [4.69, 9.17) is 5.73 Å². The van der Waals surface area contributed by atoms with Gasteiger partial charge in [0.15, 0.2) is 0 Å². The molecule has 3 unspecified atom stereocenters. The predicted molar refractivity (Wildman–Crippen MR) is 83.2 cm³/mol. The normalized spacial score (nSPS) is 25.5. The van der Waals surface area contributed by atoms with Gasteiger partial charge in [0.1, 0.15) is 0 Å². The van der Waals surface area contributed by atoms with E-state index in [0.717, 1.165) is 5.92 Å². The van der Waals surface area contributed by atoms with Gasteiger partial charge < -0.3 is 5.73 Å². The van der Waals surface area contributed by atoms with Crippen molar-refractivity contribution in [3.8, 4) is 0 Å². The molecule has 1 aliphatic carbocycles. The lowest BCUT2D eigenvalue weighted by molar-refractivity contribution is 0.196. The van der Waals surface area contributed by atoms with Crippen LogP contribution in [0.4, 0.5) is 0 Å². The standard InChI is InChI=1S/C18H29N/c1-4-14-7-5-6-8-17(14)18(19)16-11-9-15(10-12-16)13(2)3/h9-14,17-18H,4-8,19H2,1-3H3. The molecule has 1 heteroatoms. The van der Waals surface area contributed by atoms with E-state index < -0.39 is 0 Å². The highest BCUT2D eigenvalue weighted by atomic mass is 14.7. The van der Waals surface area contributed by atoms with E-state index in [-0.39, 0.29) is 6.04 Å². The summed E-state index contributed by atoms with van der Waals surface area (Å²) in [6.45, 7) is 6.80. The molecule has 0 spiro atoms. The summed E-state index contributed by atoms with van der Waals surface area (Å²) in [4.78, 5) is 0. The highest BCUT2D eigenvalue weighted by molar-refractivity contribution is 5.27. The first-order valence-electron chi connectivity index (χ1n) is 7.99. The number of rotatable bonds is 4. The van der Waals surface area contributed by atoms with Crippen LogP contribution in [-0.2, 0) is 0 Å². The fourth-order valence-corrected chi connectivity index (χ4v) is 3.57. The molecule has 0 saturated heterocycles. The Morgan fingerprint density at radius 2 is 1.63 bits per heavy atom. The summed E-state index contributed by atoms with van der Waals surface area (Å²) in [6, 6.07) is 9.24. The van der Waals surface area contributed by atoms with E-state index in [1.54, 1.807) is 0 Å². The van der Waals surface area contributed by atoms with Gasteiger partial charge in [0.25, 0.3) is 0 Å². The molecule has 0 bridgehead atoms. The SMILES string of the molecule is CCC1CCCCC1C(N)c1ccc(C(C)C)cc1. The lowest BCUT2D eigenvalue weighted by Gasteiger charge is -2.35. The summed E-state index contributed by atoms with van der Waals surface area (Å²) < 4.78 is 0. The van der Waals surface area contributed by atoms with E-state index in [1.165, 1.54) is 43.2 Å². The smallest absolute Gasteiger partial charge is 0.0326 e. The summed E-state index contributed by atoms with van der Waals surface area (Å²) in [5.41, 5.74) is 9.30. The van der Waals surface area contributed by atoms with Crippen molar-refractivity contribution in [2.24, 2.45) is 17.6 Å². The second-order valence-electron chi connectivity index (χ2n) is 6.46. The molecule has 1 fully saturated rings. The predicted octanol–water partition coefficient (Wildman–Crippen LogP) is 5.03. The minimum absolute atomic E-state index is 0.228. The maximum Gasteiger partial charge on any atom is 0.0326 e. The number of hydrogen-bond donors (Lipinski definition) is 1. The van der Waals surface area contributed by atoms with Crippen LogP contribution in [0, 0.1) is 11.8 Å². The largest absolute Gasteiger partial charge is 0.324 e. The Balaban J connectivity index is 2.11. The van der Waals surface area contributed by atoms with Gasteiger partial charge in [0, 0.05) is 6.04 Å². The van der Waals surface area contributed by atoms with Crippen molar-refractivity contribution in [1.29, 1.82) is 0 Å². The summed E-state index contributed by atoms with van der Waals surface area (Å²) in [7, 11) is 0. The zero-order valence-electron chi connectivity index (χ0n) is 12.7. The zero-order valence-corrected chi connectivity index (χ0v) is 12.7. The van der Waals surface area contributed by atoms with Gasteiger partial charge in [0.05, 0.1) is 0 Å². The molecule has 0 heterocycles. The van der Waals surface area contributed by atoms with Crippen molar-refractivity contribution in [1.82, 2.24) is 0 Å². The molecule has 106 valence electrons. The molecule has 2 N–H and O–H groups in total. The van der Waals surface area contributed by atoms with Crippen LogP contribution < -0.4 is 5.73 Å². The van der Waals surface area contributed by atoms with Gasteiger partial charge in [-0.05, 0) is 35.3 Å². The van der Waals surface area contributed by atoms with Crippen molar-refractivity contribution in [2.75, 3.05) is 0 Å². The second kappa shape index (κ2) is 6.56. The van der Waals surface area contributed by atoms with Gasteiger partial charge in [-0.25, -0.2) is 0 Å². The Bertz CT molecular complexity index is 379. The van der Waals surface area contributed by atoms with E-state index in [9.17, 15) is 0 Å². The van der Waals surface area contributed by atoms with Crippen molar-refractivity contribution in [3.63, 3.8) is 0 Å². The van der Waals surface area contributed by atoms with Gasteiger partial charge in [-0.3, -0.25) is 0 Å². The lowest BCUT2D eigenvalue weighted by atomic mass is 9.72. The first-order chi connectivity index (χ1) is 9.13. The van der Waals surface area contributed by atoms with E-state index in [1.807, 2.05) is 0 Å². The molecule has 0 aliphatic heterocycles. The van der Waals surface area contributed by atoms with E-state index >= 15 is 0 Å². The monoisotopic (exact) mass is 259 g/mol. The molecule has 19 heavy (non-hydrogen) atoms. The van der Waals surface area contributed by atoms with Crippen LogP contribution in [0.5, 0.6) is 0 Å². The number of benzene rings is 1. The van der Waals surface area contributed by atoms with Crippen molar-refractivity contribution >= 4 is 0 Å². The zero-order chi connectivity index (χ0) is 13.8. The van der Waals surface area contributed by atoms with Gasteiger partial charge in [-0.1, -0.05) is 70.7 Å². The fourth-order valence-electron chi connectivity index (χ4n) is 3.57. The summed E-state index contributed by atoms with van der Waals surface area (Å²) in [5.74, 6) is 2.11. The average molecular weight is 259 g/mol. The van der Waals surface area contributed by atoms with Gasteiger partial charge >= 0.3 is 0 Å². The lowest BCUT2D eigenvalue weighted by Crippen LogP contribution is -2.30.